The average molecular weight is 351 g/mol. The first-order valence-corrected chi connectivity index (χ1v) is 8.49. The molecule has 7 nitrogen and oxygen atoms in total. The second-order valence-electron chi connectivity index (χ2n) is 5.90. The molecule has 2 aromatic heterocycles. The molecule has 0 radical (unpaired) electrons. The zero-order valence-electron chi connectivity index (χ0n) is 14.5. The number of anilines is 1. The summed E-state index contributed by atoms with van der Waals surface area (Å²) >= 11 is 0. The van der Waals surface area contributed by atoms with Gasteiger partial charge in [0, 0.05) is 50.7 Å². The predicted octanol–water partition coefficient (Wildman–Crippen LogP) is 1.35. The van der Waals surface area contributed by atoms with Crippen molar-refractivity contribution in [1.82, 2.24) is 20.2 Å². The van der Waals surface area contributed by atoms with Gasteiger partial charge in [-0.25, -0.2) is 4.98 Å². The molecule has 1 fully saturated rings. The molecule has 1 N–H and O–H groups in total. The van der Waals surface area contributed by atoms with E-state index in [0.29, 0.717) is 38.3 Å². The van der Waals surface area contributed by atoms with Crippen molar-refractivity contribution in [2.24, 2.45) is 0 Å². The number of pyridine rings is 2. The summed E-state index contributed by atoms with van der Waals surface area (Å²) in [6, 6.07) is 8.92. The number of nitrogens with one attached hydrogen (secondary N) is 1. The van der Waals surface area contributed by atoms with Crippen molar-refractivity contribution in [2.45, 2.75) is 0 Å². The third kappa shape index (κ3) is 4.05. The largest absolute Gasteiger partial charge is 0.353 e. The van der Waals surface area contributed by atoms with Gasteiger partial charge in [-0.15, -0.1) is 6.58 Å². The van der Waals surface area contributed by atoms with Gasteiger partial charge in [0.2, 0.25) is 0 Å². The maximum absolute atomic E-state index is 12.7. The average Bonchev–Trinajstić information content (AvgIpc) is 2.72. The molecule has 1 aliphatic rings. The highest BCUT2D eigenvalue weighted by Crippen LogP contribution is 2.14. The highest BCUT2D eigenvalue weighted by atomic mass is 16.2. The molecular formula is C19H21N5O2. The number of nitrogens with zero attached hydrogens (tertiary/aromatic N) is 4. The van der Waals surface area contributed by atoms with Crippen LogP contribution < -0.4 is 10.2 Å². The minimum atomic E-state index is -0.249. The first-order valence-electron chi connectivity index (χ1n) is 8.49. The summed E-state index contributed by atoms with van der Waals surface area (Å²) in [6.07, 6.45) is 4.85. The molecule has 0 bridgehead atoms. The molecule has 0 spiro atoms. The third-order valence-corrected chi connectivity index (χ3v) is 4.19. The lowest BCUT2D eigenvalue weighted by molar-refractivity contribution is 0.0740. The van der Waals surface area contributed by atoms with Gasteiger partial charge in [0.1, 0.15) is 11.5 Å². The standard InChI is InChI=1S/C19H21N5O2/c1-2-7-22-18(25)15-6-9-20-16(14-15)19(26)24-12-10-23(11-13-24)17-5-3-4-8-21-17/h2-6,8-9,14H,1,7,10-13H2,(H,22,25). The van der Waals surface area contributed by atoms with Crippen LogP contribution in [0.4, 0.5) is 5.82 Å². The summed E-state index contributed by atoms with van der Waals surface area (Å²) in [5.41, 5.74) is 0.694. The van der Waals surface area contributed by atoms with Crippen molar-refractivity contribution in [3.05, 3.63) is 66.6 Å². The molecule has 2 amide bonds. The summed E-state index contributed by atoms with van der Waals surface area (Å²) in [4.78, 5) is 37.1. The first-order chi connectivity index (χ1) is 12.7. The van der Waals surface area contributed by atoms with Crippen molar-refractivity contribution in [1.29, 1.82) is 0 Å². The molecule has 3 heterocycles. The molecule has 2 aromatic rings. The third-order valence-electron chi connectivity index (χ3n) is 4.19. The lowest BCUT2D eigenvalue weighted by Crippen LogP contribution is -2.49. The van der Waals surface area contributed by atoms with E-state index < -0.39 is 0 Å². The molecule has 134 valence electrons. The van der Waals surface area contributed by atoms with Gasteiger partial charge in [-0.1, -0.05) is 12.1 Å². The second-order valence-corrected chi connectivity index (χ2v) is 5.90. The summed E-state index contributed by atoms with van der Waals surface area (Å²) in [5, 5.41) is 2.69. The summed E-state index contributed by atoms with van der Waals surface area (Å²) in [7, 11) is 0. The Hall–Kier alpha value is -3.22. The molecule has 0 aromatic carbocycles. The van der Waals surface area contributed by atoms with Crippen LogP contribution in [0.1, 0.15) is 20.8 Å². The Bertz CT molecular complexity index is 786. The molecule has 1 saturated heterocycles. The molecule has 0 aliphatic carbocycles. The van der Waals surface area contributed by atoms with E-state index in [9.17, 15) is 9.59 Å². The van der Waals surface area contributed by atoms with Crippen molar-refractivity contribution < 1.29 is 9.59 Å². The normalized spacial score (nSPS) is 14.0. The molecule has 7 heteroatoms. The van der Waals surface area contributed by atoms with Crippen LogP contribution in [0.15, 0.2) is 55.4 Å². The van der Waals surface area contributed by atoms with Crippen LogP contribution in [0.3, 0.4) is 0 Å². The monoisotopic (exact) mass is 351 g/mol. The number of hydrogen-bond acceptors (Lipinski definition) is 5. The van der Waals surface area contributed by atoms with E-state index in [4.69, 9.17) is 0 Å². The lowest BCUT2D eigenvalue weighted by atomic mass is 10.2. The highest BCUT2D eigenvalue weighted by molar-refractivity contribution is 5.98. The number of hydrogen-bond donors (Lipinski definition) is 1. The Labute approximate surface area is 152 Å². The van der Waals surface area contributed by atoms with Crippen LogP contribution >= 0.6 is 0 Å². The van der Waals surface area contributed by atoms with Crippen LogP contribution in [0.25, 0.3) is 0 Å². The van der Waals surface area contributed by atoms with E-state index >= 15 is 0 Å². The smallest absolute Gasteiger partial charge is 0.272 e. The van der Waals surface area contributed by atoms with Crippen LogP contribution in [0.5, 0.6) is 0 Å². The van der Waals surface area contributed by atoms with E-state index in [-0.39, 0.29) is 17.5 Å². The Kier molecular flexibility index (Phi) is 5.58. The number of carbonyl (C=O) groups excluding carboxylic acids is 2. The Morgan fingerprint density at radius 1 is 1.12 bits per heavy atom. The Morgan fingerprint density at radius 2 is 1.92 bits per heavy atom. The number of amides is 2. The van der Waals surface area contributed by atoms with Crippen LogP contribution in [0.2, 0.25) is 0 Å². The fraction of sp³-hybridized carbons (Fsp3) is 0.263. The number of rotatable bonds is 5. The topological polar surface area (TPSA) is 78.4 Å². The van der Waals surface area contributed by atoms with Crippen molar-refractivity contribution >= 4 is 17.6 Å². The Morgan fingerprint density at radius 3 is 2.62 bits per heavy atom. The van der Waals surface area contributed by atoms with Crippen LogP contribution in [0, 0.1) is 0 Å². The van der Waals surface area contributed by atoms with Crippen LogP contribution in [-0.2, 0) is 0 Å². The van der Waals surface area contributed by atoms with Gasteiger partial charge in [-0.3, -0.25) is 14.6 Å². The second kappa shape index (κ2) is 8.24. The molecule has 26 heavy (non-hydrogen) atoms. The first kappa shape index (κ1) is 17.6. The SMILES string of the molecule is C=CCNC(=O)c1ccnc(C(=O)N2CCN(c3ccccn3)CC2)c1. The van der Waals surface area contributed by atoms with Gasteiger partial charge in [0.15, 0.2) is 0 Å². The highest BCUT2D eigenvalue weighted by Gasteiger charge is 2.24. The number of carbonyl (C=O) groups is 2. The van der Waals surface area contributed by atoms with Crippen molar-refractivity contribution in [2.75, 3.05) is 37.6 Å². The number of aromatic nitrogens is 2. The van der Waals surface area contributed by atoms with Gasteiger partial charge in [0.25, 0.3) is 11.8 Å². The summed E-state index contributed by atoms with van der Waals surface area (Å²) < 4.78 is 0. The molecule has 3 rings (SSSR count). The van der Waals surface area contributed by atoms with E-state index in [2.05, 4.69) is 26.8 Å². The minimum absolute atomic E-state index is 0.163. The summed E-state index contributed by atoms with van der Waals surface area (Å²) in [5.74, 6) is 0.504. The quantitative estimate of drug-likeness (QED) is 0.823. The maximum Gasteiger partial charge on any atom is 0.272 e. The van der Waals surface area contributed by atoms with E-state index in [1.54, 1.807) is 23.2 Å². The van der Waals surface area contributed by atoms with E-state index in [0.717, 1.165) is 5.82 Å². The van der Waals surface area contributed by atoms with Gasteiger partial charge in [-0.05, 0) is 24.3 Å². The van der Waals surface area contributed by atoms with Gasteiger partial charge < -0.3 is 15.1 Å². The number of piperazine rings is 1. The summed E-state index contributed by atoms with van der Waals surface area (Å²) in [6.45, 7) is 6.54. The van der Waals surface area contributed by atoms with Gasteiger partial charge in [0.05, 0.1) is 0 Å². The zero-order valence-corrected chi connectivity index (χ0v) is 14.5. The van der Waals surface area contributed by atoms with Gasteiger partial charge >= 0.3 is 0 Å². The minimum Gasteiger partial charge on any atom is -0.353 e. The molecule has 1 aliphatic heterocycles. The van der Waals surface area contributed by atoms with Crippen LogP contribution in [-0.4, -0.2) is 59.4 Å². The fourth-order valence-electron chi connectivity index (χ4n) is 2.80. The Balaban J connectivity index is 1.63. The zero-order chi connectivity index (χ0) is 18.4. The van der Waals surface area contributed by atoms with Crippen molar-refractivity contribution in [3.8, 4) is 0 Å². The van der Waals surface area contributed by atoms with Gasteiger partial charge in [-0.2, -0.15) is 0 Å². The van der Waals surface area contributed by atoms with E-state index in [1.165, 1.54) is 12.3 Å². The molecule has 0 unspecified atom stereocenters. The molecule has 0 atom stereocenters. The predicted molar refractivity (Wildman–Crippen MR) is 99.1 cm³/mol. The fourth-order valence-corrected chi connectivity index (χ4v) is 2.80. The van der Waals surface area contributed by atoms with Crippen molar-refractivity contribution in [3.63, 3.8) is 0 Å². The molecule has 0 saturated carbocycles. The maximum atomic E-state index is 12.7. The lowest BCUT2D eigenvalue weighted by Gasteiger charge is -2.35. The van der Waals surface area contributed by atoms with E-state index in [1.807, 2.05) is 18.2 Å². The molecular weight excluding hydrogens is 330 g/mol.